The predicted molar refractivity (Wildman–Crippen MR) is 60.8 cm³/mol. The van der Waals surface area contributed by atoms with Gasteiger partial charge in [-0.2, -0.15) is 0 Å². The quantitative estimate of drug-likeness (QED) is 0.716. The van der Waals surface area contributed by atoms with Crippen LogP contribution in [0.2, 0.25) is 0 Å². The number of para-hydroxylation sites is 1. The molecule has 1 aliphatic rings. The minimum Gasteiger partial charge on any atom is -0.356 e. The van der Waals surface area contributed by atoms with E-state index in [1.54, 1.807) is 0 Å². The Morgan fingerprint density at radius 2 is 1.69 bits per heavy atom. The number of nitrogens with zero attached hydrogens (tertiary/aromatic N) is 2. The Hall–Kier alpha value is -1.84. The zero-order chi connectivity index (χ0) is 11.5. The molecule has 0 unspecified atom stereocenters. The molecule has 0 aliphatic carbocycles. The standard InChI is InChI=1S/C12H14N2O2/c1-13(10-5-3-2-4-6-10)9-14-11(15)7-8-12(14)16/h2-6H,7-9H2,1H3. The minimum absolute atomic E-state index is 0.0761. The van der Waals surface area contributed by atoms with Crippen LogP contribution < -0.4 is 4.90 Å². The highest BCUT2D eigenvalue weighted by Gasteiger charge is 2.29. The number of carbonyl (C=O) groups is 2. The van der Waals surface area contributed by atoms with Crippen LogP contribution in [-0.2, 0) is 9.59 Å². The number of amides is 2. The van der Waals surface area contributed by atoms with Crippen LogP contribution in [0.1, 0.15) is 12.8 Å². The summed E-state index contributed by atoms with van der Waals surface area (Å²) in [6.07, 6.45) is 0.697. The van der Waals surface area contributed by atoms with Gasteiger partial charge in [-0.05, 0) is 12.1 Å². The van der Waals surface area contributed by atoms with E-state index >= 15 is 0 Å². The lowest BCUT2D eigenvalue weighted by molar-refractivity contribution is -0.138. The number of hydrogen-bond donors (Lipinski definition) is 0. The largest absolute Gasteiger partial charge is 0.356 e. The fraction of sp³-hybridized carbons (Fsp3) is 0.333. The number of carbonyl (C=O) groups excluding carboxylic acids is 2. The first kappa shape index (κ1) is 10.7. The number of hydrogen-bond acceptors (Lipinski definition) is 3. The Balaban J connectivity index is 2.05. The Bertz CT molecular complexity index is 387. The maximum absolute atomic E-state index is 11.4. The maximum Gasteiger partial charge on any atom is 0.231 e. The predicted octanol–water partition coefficient (Wildman–Crippen LogP) is 1.23. The molecule has 4 nitrogen and oxygen atoms in total. The normalized spacial score (nSPS) is 15.7. The smallest absolute Gasteiger partial charge is 0.231 e. The van der Waals surface area contributed by atoms with E-state index in [-0.39, 0.29) is 11.8 Å². The van der Waals surface area contributed by atoms with Crippen LogP contribution in [-0.4, -0.2) is 30.4 Å². The molecule has 0 saturated carbocycles. The zero-order valence-corrected chi connectivity index (χ0v) is 9.22. The summed E-state index contributed by atoms with van der Waals surface area (Å²) in [7, 11) is 1.87. The molecule has 1 aromatic rings. The minimum atomic E-state index is -0.0761. The summed E-state index contributed by atoms with van der Waals surface area (Å²) in [4.78, 5) is 26.1. The van der Waals surface area contributed by atoms with Crippen molar-refractivity contribution in [1.29, 1.82) is 0 Å². The molecule has 0 bridgehead atoms. The van der Waals surface area contributed by atoms with Crippen LogP contribution in [0.3, 0.4) is 0 Å². The third-order valence-corrected chi connectivity index (χ3v) is 2.71. The van der Waals surface area contributed by atoms with Crippen LogP contribution >= 0.6 is 0 Å². The summed E-state index contributed by atoms with van der Waals surface area (Å²) < 4.78 is 0. The van der Waals surface area contributed by atoms with E-state index in [0.29, 0.717) is 19.5 Å². The first-order valence-electron chi connectivity index (χ1n) is 5.28. The average molecular weight is 218 g/mol. The molecule has 1 fully saturated rings. The number of imide groups is 1. The molecule has 0 atom stereocenters. The molecule has 2 amide bonds. The lowest BCUT2D eigenvalue weighted by Crippen LogP contribution is -2.39. The zero-order valence-electron chi connectivity index (χ0n) is 9.22. The molecule has 0 N–H and O–H groups in total. The Kier molecular flexibility index (Phi) is 2.90. The van der Waals surface area contributed by atoms with Gasteiger partial charge in [0, 0.05) is 25.6 Å². The molecule has 2 rings (SSSR count). The van der Waals surface area contributed by atoms with E-state index in [0.717, 1.165) is 5.69 Å². The van der Waals surface area contributed by atoms with Crippen LogP contribution in [0.5, 0.6) is 0 Å². The molecular weight excluding hydrogens is 204 g/mol. The second-order valence-corrected chi connectivity index (χ2v) is 3.89. The van der Waals surface area contributed by atoms with Gasteiger partial charge in [0.1, 0.15) is 6.67 Å². The molecule has 84 valence electrons. The van der Waals surface area contributed by atoms with Crippen molar-refractivity contribution in [2.75, 3.05) is 18.6 Å². The first-order chi connectivity index (χ1) is 7.68. The molecule has 1 saturated heterocycles. The molecule has 0 aromatic heterocycles. The Morgan fingerprint density at radius 1 is 1.12 bits per heavy atom. The molecule has 0 radical (unpaired) electrons. The summed E-state index contributed by atoms with van der Waals surface area (Å²) in [5, 5.41) is 0. The number of anilines is 1. The van der Waals surface area contributed by atoms with E-state index in [4.69, 9.17) is 0 Å². The molecular formula is C12H14N2O2. The van der Waals surface area contributed by atoms with Crippen molar-refractivity contribution in [2.45, 2.75) is 12.8 Å². The fourth-order valence-electron chi connectivity index (χ4n) is 1.76. The third-order valence-electron chi connectivity index (χ3n) is 2.71. The summed E-state index contributed by atoms with van der Waals surface area (Å²) >= 11 is 0. The van der Waals surface area contributed by atoms with Gasteiger partial charge < -0.3 is 4.90 Å². The highest BCUT2D eigenvalue weighted by molar-refractivity contribution is 6.02. The van der Waals surface area contributed by atoms with Gasteiger partial charge in [0.25, 0.3) is 0 Å². The second-order valence-electron chi connectivity index (χ2n) is 3.89. The molecule has 1 heterocycles. The average Bonchev–Trinajstić information content (AvgIpc) is 2.62. The monoisotopic (exact) mass is 218 g/mol. The van der Waals surface area contributed by atoms with E-state index in [1.165, 1.54) is 4.90 Å². The fourth-order valence-corrected chi connectivity index (χ4v) is 1.76. The van der Waals surface area contributed by atoms with Gasteiger partial charge in [-0.1, -0.05) is 18.2 Å². The van der Waals surface area contributed by atoms with Gasteiger partial charge in [0.05, 0.1) is 0 Å². The first-order valence-corrected chi connectivity index (χ1v) is 5.28. The van der Waals surface area contributed by atoms with Crippen molar-refractivity contribution in [1.82, 2.24) is 4.90 Å². The lowest BCUT2D eigenvalue weighted by atomic mass is 10.3. The van der Waals surface area contributed by atoms with Crippen molar-refractivity contribution < 1.29 is 9.59 Å². The highest BCUT2D eigenvalue weighted by Crippen LogP contribution is 2.16. The Labute approximate surface area is 94.5 Å². The number of likely N-dealkylation sites (tertiary alicyclic amines) is 1. The summed E-state index contributed by atoms with van der Waals surface area (Å²) in [6, 6.07) is 9.69. The van der Waals surface area contributed by atoms with Crippen molar-refractivity contribution >= 4 is 17.5 Å². The number of rotatable bonds is 3. The van der Waals surface area contributed by atoms with Crippen molar-refractivity contribution in [3.05, 3.63) is 30.3 Å². The molecule has 1 aliphatic heterocycles. The van der Waals surface area contributed by atoms with Crippen molar-refractivity contribution in [2.24, 2.45) is 0 Å². The maximum atomic E-state index is 11.4. The van der Waals surface area contributed by atoms with Crippen LogP contribution in [0.15, 0.2) is 30.3 Å². The van der Waals surface area contributed by atoms with E-state index in [2.05, 4.69) is 0 Å². The Morgan fingerprint density at radius 3 is 2.25 bits per heavy atom. The van der Waals surface area contributed by atoms with Gasteiger partial charge >= 0.3 is 0 Å². The van der Waals surface area contributed by atoms with Crippen LogP contribution in [0.4, 0.5) is 5.69 Å². The summed E-state index contributed by atoms with van der Waals surface area (Å²) in [5.74, 6) is -0.152. The number of benzene rings is 1. The third kappa shape index (κ3) is 2.05. The van der Waals surface area contributed by atoms with Gasteiger partial charge in [0.2, 0.25) is 11.8 Å². The van der Waals surface area contributed by atoms with Crippen LogP contribution in [0.25, 0.3) is 0 Å². The topological polar surface area (TPSA) is 40.6 Å². The van der Waals surface area contributed by atoms with Crippen molar-refractivity contribution in [3.8, 4) is 0 Å². The van der Waals surface area contributed by atoms with Crippen molar-refractivity contribution in [3.63, 3.8) is 0 Å². The van der Waals surface area contributed by atoms with Gasteiger partial charge in [-0.15, -0.1) is 0 Å². The van der Waals surface area contributed by atoms with Crippen LogP contribution in [0, 0.1) is 0 Å². The van der Waals surface area contributed by atoms with E-state index in [9.17, 15) is 9.59 Å². The molecule has 0 spiro atoms. The van der Waals surface area contributed by atoms with E-state index < -0.39 is 0 Å². The SMILES string of the molecule is CN(CN1C(=O)CCC1=O)c1ccccc1. The van der Waals surface area contributed by atoms with Gasteiger partial charge in [0.15, 0.2) is 0 Å². The highest BCUT2D eigenvalue weighted by atomic mass is 16.2. The lowest BCUT2D eigenvalue weighted by Gasteiger charge is -2.24. The van der Waals surface area contributed by atoms with Gasteiger partial charge in [-0.3, -0.25) is 14.5 Å². The van der Waals surface area contributed by atoms with E-state index in [1.807, 2.05) is 42.3 Å². The second kappa shape index (κ2) is 4.35. The molecule has 4 heteroatoms. The summed E-state index contributed by atoms with van der Waals surface area (Å²) in [6.45, 7) is 0.335. The molecule has 16 heavy (non-hydrogen) atoms. The molecule has 1 aromatic carbocycles. The van der Waals surface area contributed by atoms with Gasteiger partial charge in [-0.25, -0.2) is 0 Å². The summed E-state index contributed by atoms with van der Waals surface area (Å²) in [5.41, 5.74) is 0.995.